The van der Waals surface area contributed by atoms with Gasteiger partial charge in [-0.1, -0.05) is 29.3 Å². The Morgan fingerprint density at radius 1 is 1.16 bits per heavy atom. The summed E-state index contributed by atoms with van der Waals surface area (Å²) in [5.74, 6) is -0.912. The normalized spacial score (nSPS) is 10.5. The predicted molar refractivity (Wildman–Crippen MR) is 94.3 cm³/mol. The summed E-state index contributed by atoms with van der Waals surface area (Å²) in [6, 6.07) is 9.52. The van der Waals surface area contributed by atoms with Crippen LogP contribution in [0.25, 0.3) is 5.69 Å². The number of rotatable bonds is 4. The van der Waals surface area contributed by atoms with Gasteiger partial charge in [-0.2, -0.15) is 5.10 Å². The Bertz CT molecular complexity index is 971. The molecular weight excluding hydrogens is 365 g/mol. The fraction of sp³-hybridized carbons (Fsp3) is 0. The number of nitrogens with one attached hydrogen (secondary N) is 1. The summed E-state index contributed by atoms with van der Waals surface area (Å²) in [7, 11) is 0. The van der Waals surface area contributed by atoms with Crippen LogP contribution in [0.15, 0.2) is 48.8 Å². The maximum absolute atomic E-state index is 12.3. The van der Waals surface area contributed by atoms with E-state index in [0.29, 0.717) is 15.7 Å². The van der Waals surface area contributed by atoms with Gasteiger partial charge < -0.3 is 11.1 Å². The van der Waals surface area contributed by atoms with Crippen LogP contribution in [0.5, 0.6) is 0 Å². The molecule has 126 valence electrons. The number of hydrogen-bond donors (Lipinski definition) is 2. The van der Waals surface area contributed by atoms with Crippen LogP contribution in [0.3, 0.4) is 0 Å². The molecule has 0 aliphatic heterocycles. The van der Waals surface area contributed by atoms with E-state index >= 15 is 0 Å². The van der Waals surface area contributed by atoms with Gasteiger partial charge in [0, 0.05) is 11.2 Å². The molecule has 2 aromatic heterocycles. The first kappa shape index (κ1) is 16.9. The molecule has 0 bridgehead atoms. The Morgan fingerprint density at radius 3 is 2.68 bits per heavy atom. The lowest BCUT2D eigenvalue weighted by molar-refractivity contribution is 0.0991. The number of anilines is 1. The second-order valence-electron chi connectivity index (χ2n) is 5.00. The molecule has 2 heterocycles. The minimum Gasteiger partial charge on any atom is -0.364 e. The van der Waals surface area contributed by atoms with Gasteiger partial charge in [0.25, 0.3) is 11.8 Å². The molecule has 3 rings (SSSR count). The zero-order valence-corrected chi connectivity index (χ0v) is 14.1. The standard InChI is InChI=1S/C16H11Cl2N5O2/c17-10-4-5-13(11(18)6-10)23-8-9(7-20-23)16(25)22-14-3-1-2-12(21-14)15(19)24/h1-8H,(H2,19,24)(H,21,22,25). The first-order valence-electron chi connectivity index (χ1n) is 7.02. The molecular formula is C16H11Cl2N5O2. The summed E-state index contributed by atoms with van der Waals surface area (Å²) in [4.78, 5) is 27.4. The van der Waals surface area contributed by atoms with Gasteiger partial charge in [-0.15, -0.1) is 0 Å². The van der Waals surface area contributed by atoms with E-state index in [9.17, 15) is 9.59 Å². The van der Waals surface area contributed by atoms with Crippen molar-refractivity contribution in [3.05, 3.63) is 70.1 Å². The van der Waals surface area contributed by atoms with Gasteiger partial charge in [0.05, 0.1) is 22.5 Å². The SMILES string of the molecule is NC(=O)c1cccc(NC(=O)c2cnn(-c3ccc(Cl)cc3Cl)c2)n1. The minimum absolute atomic E-state index is 0.0569. The molecule has 0 atom stereocenters. The van der Waals surface area contributed by atoms with Crippen LogP contribution < -0.4 is 11.1 Å². The topological polar surface area (TPSA) is 103 Å². The van der Waals surface area contributed by atoms with Crippen molar-refractivity contribution in [2.24, 2.45) is 5.73 Å². The number of benzene rings is 1. The highest BCUT2D eigenvalue weighted by molar-refractivity contribution is 6.35. The number of carbonyl (C=O) groups excluding carboxylic acids is 2. The molecule has 0 unspecified atom stereocenters. The summed E-state index contributed by atoms with van der Waals surface area (Å²) in [6.07, 6.45) is 2.90. The van der Waals surface area contributed by atoms with Gasteiger partial charge in [0.15, 0.2) is 0 Å². The average molecular weight is 376 g/mol. The molecule has 0 radical (unpaired) electrons. The molecule has 1 aromatic carbocycles. The summed E-state index contributed by atoms with van der Waals surface area (Å²) < 4.78 is 1.46. The van der Waals surface area contributed by atoms with Crippen LogP contribution in [0, 0.1) is 0 Å². The number of nitrogens with zero attached hydrogens (tertiary/aromatic N) is 3. The third kappa shape index (κ3) is 3.78. The number of carbonyl (C=O) groups is 2. The third-order valence-corrected chi connectivity index (χ3v) is 3.78. The lowest BCUT2D eigenvalue weighted by atomic mass is 10.3. The lowest BCUT2D eigenvalue weighted by Crippen LogP contribution is -2.16. The quantitative estimate of drug-likeness (QED) is 0.731. The van der Waals surface area contributed by atoms with Crippen molar-refractivity contribution in [1.29, 1.82) is 0 Å². The average Bonchev–Trinajstić information content (AvgIpc) is 3.05. The largest absolute Gasteiger partial charge is 0.364 e. The Labute approximate surface area is 152 Å². The number of halogens is 2. The Balaban J connectivity index is 1.81. The van der Waals surface area contributed by atoms with Crippen molar-refractivity contribution < 1.29 is 9.59 Å². The maximum atomic E-state index is 12.3. The Kier molecular flexibility index (Phi) is 4.69. The lowest BCUT2D eigenvalue weighted by Gasteiger charge is -2.05. The second kappa shape index (κ2) is 6.92. The molecule has 3 N–H and O–H groups in total. The van der Waals surface area contributed by atoms with E-state index in [0.717, 1.165) is 0 Å². The third-order valence-electron chi connectivity index (χ3n) is 3.24. The van der Waals surface area contributed by atoms with Crippen molar-refractivity contribution in [1.82, 2.24) is 14.8 Å². The van der Waals surface area contributed by atoms with Crippen LogP contribution >= 0.6 is 23.2 Å². The zero-order valence-electron chi connectivity index (χ0n) is 12.6. The van der Waals surface area contributed by atoms with Crippen molar-refractivity contribution >= 4 is 40.8 Å². The molecule has 2 amide bonds. The number of hydrogen-bond acceptors (Lipinski definition) is 4. The molecule has 0 fully saturated rings. The van der Waals surface area contributed by atoms with Crippen molar-refractivity contribution in [3.63, 3.8) is 0 Å². The molecule has 9 heteroatoms. The summed E-state index contributed by atoms with van der Waals surface area (Å²) in [5, 5.41) is 7.60. The van der Waals surface area contributed by atoms with E-state index in [1.807, 2.05) is 0 Å². The predicted octanol–water partition coefficient (Wildman–Crippen LogP) is 2.93. The second-order valence-corrected chi connectivity index (χ2v) is 5.84. The number of aromatic nitrogens is 3. The highest BCUT2D eigenvalue weighted by Crippen LogP contribution is 2.24. The molecule has 0 saturated carbocycles. The van der Waals surface area contributed by atoms with Gasteiger partial charge in [0.2, 0.25) is 0 Å². The van der Waals surface area contributed by atoms with Gasteiger partial charge in [-0.05, 0) is 30.3 Å². The monoisotopic (exact) mass is 375 g/mol. The van der Waals surface area contributed by atoms with E-state index < -0.39 is 11.8 Å². The van der Waals surface area contributed by atoms with Crippen LogP contribution in [0.4, 0.5) is 5.82 Å². The van der Waals surface area contributed by atoms with Crippen LogP contribution in [-0.2, 0) is 0 Å². The first-order chi connectivity index (χ1) is 11.9. The number of amides is 2. The highest BCUT2D eigenvalue weighted by Gasteiger charge is 2.13. The molecule has 0 saturated heterocycles. The van der Waals surface area contributed by atoms with E-state index in [2.05, 4.69) is 15.4 Å². The Hall–Kier alpha value is -2.90. The van der Waals surface area contributed by atoms with Gasteiger partial charge in [0.1, 0.15) is 11.5 Å². The maximum Gasteiger partial charge on any atom is 0.267 e. The summed E-state index contributed by atoms with van der Waals surface area (Å²) in [6.45, 7) is 0. The zero-order chi connectivity index (χ0) is 18.0. The van der Waals surface area contributed by atoms with Crippen molar-refractivity contribution in [3.8, 4) is 5.69 Å². The van der Waals surface area contributed by atoms with Crippen molar-refractivity contribution in [2.75, 3.05) is 5.32 Å². The molecule has 25 heavy (non-hydrogen) atoms. The first-order valence-corrected chi connectivity index (χ1v) is 7.78. The minimum atomic E-state index is -0.679. The number of primary amides is 1. The highest BCUT2D eigenvalue weighted by atomic mass is 35.5. The molecule has 3 aromatic rings. The van der Waals surface area contributed by atoms with E-state index in [1.165, 1.54) is 23.1 Å². The van der Waals surface area contributed by atoms with Crippen LogP contribution in [0.2, 0.25) is 10.0 Å². The van der Waals surface area contributed by atoms with E-state index in [-0.39, 0.29) is 17.1 Å². The molecule has 0 spiro atoms. The fourth-order valence-electron chi connectivity index (χ4n) is 2.07. The van der Waals surface area contributed by atoms with E-state index in [4.69, 9.17) is 28.9 Å². The van der Waals surface area contributed by atoms with Crippen LogP contribution in [0.1, 0.15) is 20.8 Å². The van der Waals surface area contributed by atoms with Gasteiger partial charge in [-0.3, -0.25) is 9.59 Å². The number of pyridine rings is 1. The van der Waals surface area contributed by atoms with Crippen LogP contribution in [-0.4, -0.2) is 26.6 Å². The van der Waals surface area contributed by atoms with Crippen molar-refractivity contribution in [2.45, 2.75) is 0 Å². The van der Waals surface area contributed by atoms with Gasteiger partial charge >= 0.3 is 0 Å². The molecule has 0 aliphatic carbocycles. The van der Waals surface area contributed by atoms with Gasteiger partial charge in [-0.25, -0.2) is 9.67 Å². The summed E-state index contributed by atoms with van der Waals surface area (Å²) >= 11 is 12.0. The fourth-order valence-corrected chi connectivity index (χ4v) is 2.56. The smallest absolute Gasteiger partial charge is 0.267 e. The molecule has 0 aliphatic rings. The van der Waals surface area contributed by atoms with E-state index in [1.54, 1.807) is 30.3 Å². The Morgan fingerprint density at radius 2 is 1.96 bits per heavy atom. The summed E-state index contributed by atoms with van der Waals surface area (Å²) in [5.41, 5.74) is 6.10. The molecule has 7 nitrogen and oxygen atoms in total. The number of nitrogens with two attached hydrogens (primary N) is 1.